The molecule has 0 spiro atoms. The highest BCUT2D eigenvalue weighted by atomic mass is 19.4. The molecule has 0 saturated carbocycles. The van der Waals surface area contributed by atoms with Crippen molar-refractivity contribution in [2.45, 2.75) is 12.8 Å². The molecule has 0 unspecified atom stereocenters. The van der Waals surface area contributed by atoms with E-state index < -0.39 is 11.7 Å². The Hall–Kier alpha value is -3.57. The van der Waals surface area contributed by atoms with Gasteiger partial charge in [-0.05, 0) is 52.6 Å². The molecule has 0 aliphatic heterocycles. The summed E-state index contributed by atoms with van der Waals surface area (Å²) in [5.41, 5.74) is 3.06. The van der Waals surface area contributed by atoms with Crippen molar-refractivity contribution in [3.05, 3.63) is 108 Å². The molecule has 1 N–H and O–H groups in total. The number of hydrogen-bond acceptors (Lipinski definition) is 2. The number of hydrogen-bond donors (Lipinski definition) is 1. The topological polar surface area (TPSA) is 29.5 Å². The quantitative estimate of drug-likeness (QED) is 0.366. The second kappa shape index (κ2) is 8.66. The van der Waals surface area contributed by atoms with E-state index in [-0.39, 0.29) is 6.61 Å². The third-order valence-corrected chi connectivity index (χ3v) is 4.95. The Morgan fingerprint density at radius 1 is 0.677 bits per heavy atom. The minimum Gasteiger partial charge on any atom is -0.457 e. The van der Waals surface area contributed by atoms with E-state index in [9.17, 15) is 18.3 Å². The summed E-state index contributed by atoms with van der Waals surface area (Å²) in [6.07, 6.45) is -4.39. The van der Waals surface area contributed by atoms with Gasteiger partial charge in [0.2, 0.25) is 0 Å². The zero-order valence-corrected chi connectivity index (χ0v) is 16.4. The molecule has 2 nitrogen and oxygen atoms in total. The number of aliphatic hydroxyl groups excluding tert-OH is 1. The monoisotopic (exact) mass is 420 g/mol. The van der Waals surface area contributed by atoms with Crippen molar-refractivity contribution in [1.82, 2.24) is 0 Å². The lowest BCUT2D eigenvalue weighted by Gasteiger charge is -2.17. The van der Waals surface area contributed by atoms with Gasteiger partial charge in [-0.1, -0.05) is 66.7 Å². The molecule has 5 heteroatoms. The first-order valence-electron chi connectivity index (χ1n) is 9.69. The van der Waals surface area contributed by atoms with Gasteiger partial charge in [0.25, 0.3) is 0 Å². The van der Waals surface area contributed by atoms with E-state index in [0.717, 1.165) is 34.4 Å². The Balaban J connectivity index is 1.85. The summed E-state index contributed by atoms with van der Waals surface area (Å²) in [6.45, 7) is -0.0752. The molecule has 0 heterocycles. The summed E-state index contributed by atoms with van der Waals surface area (Å²) in [5, 5.41) is 9.36. The first-order valence-corrected chi connectivity index (χ1v) is 9.69. The molecule has 0 aromatic heterocycles. The van der Waals surface area contributed by atoms with Gasteiger partial charge in [-0.15, -0.1) is 0 Å². The number of rotatable bonds is 5. The molecule has 0 bridgehead atoms. The Labute approximate surface area is 178 Å². The fourth-order valence-corrected chi connectivity index (χ4v) is 3.39. The highest BCUT2D eigenvalue weighted by Gasteiger charge is 2.30. The van der Waals surface area contributed by atoms with Gasteiger partial charge in [0.15, 0.2) is 0 Å². The first-order chi connectivity index (χ1) is 15.0. The lowest BCUT2D eigenvalue weighted by Crippen LogP contribution is -2.04. The standard InChI is InChI=1S/C26H19F3O2/c27-26(28,29)21-15-13-19(14-16-21)23-7-4-8-24(31-22-5-2-1-3-6-22)25(23)20-11-9-18(17-30)10-12-20/h1-16,30H,17H2. The van der Waals surface area contributed by atoms with E-state index in [1.807, 2.05) is 72.8 Å². The van der Waals surface area contributed by atoms with Crippen molar-refractivity contribution >= 4 is 0 Å². The molecule has 0 amide bonds. The minimum atomic E-state index is -4.39. The van der Waals surface area contributed by atoms with Crippen LogP contribution >= 0.6 is 0 Å². The van der Waals surface area contributed by atoms with Crippen LogP contribution in [0, 0.1) is 0 Å². The minimum absolute atomic E-state index is 0.0752. The predicted octanol–water partition coefficient (Wildman–Crippen LogP) is 7.32. The highest BCUT2D eigenvalue weighted by molar-refractivity contribution is 5.88. The summed E-state index contributed by atoms with van der Waals surface area (Å²) >= 11 is 0. The maximum atomic E-state index is 13.0. The molecule has 0 saturated heterocycles. The molecule has 31 heavy (non-hydrogen) atoms. The zero-order valence-electron chi connectivity index (χ0n) is 16.4. The van der Waals surface area contributed by atoms with Crippen LogP contribution in [-0.4, -0.2) is 5.11 Å². The van der Waals surface area contributed by atoms with E-state index in [0.29, 0.717) is 17.1 Å². The van der Waals surface area contributed by atoms with E-state index in [1.54, 1.807) is 0 Å². The van der Waals surface area contributed by atoms with Crippen LogP contribution in [0.3, 0.4) is 0 Å². The second-order valence-electron chi connectivity index (χ2n) is 7.02. The molecule has 4 rings (SSSR count). The van der Waals surface area contributed by atoms with E-state index in [4.69, 9.17) is 4.74 Å². The molecule has 4 aromatic carbocycles. The van der Waals surface area contributed by atoms with Crippen LogP contribution in [0.5, 0.6) is 11.5 Å². The number of aliphatic hydroxyl groups is 1. The molecule has 0 atom stereocenters. The van der Waals surface area contributed by atoms with Crippen LogP contribution in [0.15, 0.2) is 97.1 Å². The first kappa shape index (κ1) is 20.7. The van der Waals surface area contributed by atoms with Crippen LogP contribution in [-0.2, 0) is 12.8 Å². The molecule has 156 valence electrons. The molecule has 0 fully saturated rings. The normalized spacial score (nSPS) is 11.4. The van der Waals surface area contributed by atoms with Crippen molar-refractivity contribution in [3.63, 3.8) is 0 Å². The fraction of sp³-hybridized carbons (Fsp3) is 0.0769. The Kier molecular flexibility index (Phi) is 5.78. The zero-order chi connectivity index (χ0) is 21.8. The molecular weight excluding hydrogens is 401 g/mol. The van der Waals surface area contributed by atoms with Crippen LogP contribution in [0.25, 0.3) is 22.3 Å². The highest BCUT2D eigenvalue weighted by Crippen LogP contribution is 2.42. The summed E-state index contributed by atoms with van der Waals surface area (Å²) in [5.74, 6) is 1.24. The van der Waals surface area contributed by atoms with Gasteiger partial charge in [0.05, 0.1) is 12.2 Å². The Morgan fingerprint density at radius 3 is 1.94 bits per heavy atom. The third-order valence-electron chi connectivity index (χ3n) is 4.95. The maximum Gasteiger partial charge on any atom is 0.416 e. The third kappa shape index (κ3) is 4.62. The van der Waals surface area contributed by atoms with Gasteiger partial charge < -0.3 is 9.84 Å². The smallest absolute Gasteiger partial charge is 0.416 e. The van der Waals surface area contributed by atoms with E-state index >= 15 is 0 Å². The van der Waals surface area contributed by atoms with E-state index in [2.05, 4.69) is 0 Å². The average molecular weight is 420 g/mol. The van der Waals surface area contributed by atoms with Gasteiger partial charge in [0, 0.05) is 5.56 Å². The number of para-hydroxylation sites is 1. The van der Waals surface area contributed by atoms with Crippen molar-refractivity contribution in [2.24, 2.45) is 0 Å². The lowest BCUT2D eigenvalue weighted by atomic mass is 9.92. The molecule has 4 aromatic rings. The van der Waals surface area contributed by atoms with Gasteiger partial charge >= 0.3 is 6.18 Å². The molecule has 0 aliphatic rings. The SMILES string of the molecule is OCc1ccc(-c2c(Oc3ccccc3)cccc2-c2ccc(C(F)(F)F)cc2)cc1. The fourth-order valence-electron chi connectivity index (χ4n) is 3.39. The Morgan fingerprint density at radius 2 is 1.32 bits per heavy atom. The second-order valence-corrected chi connectivity index (χ2v) is 7.02. The summed E-state index contributed by atoms with van der Waals surface area (Å²) in [4.78, 5) is 0. The van der Waals surface area contributed by atoms with Crippen LogP contribution in [0.2, 0.25) is 0 Å². The van der Waals surface area contributed by atoms with Gasteiger partial charge in [-0.3, -0.25) is 0 Å². The molecule has 0 radical (unpaired) electrons. The van der Waals surface area contributed by atoms with Crippen molar-refractivity contribution in [2.75, 3.05) is 0 Å². The summed E-state index contributed by atoms with van der Waals surface area (Å²) < 4.78 is 45.1. The van der Waals surface area contributed by atoms with Crippen LogP contribution in [0.4, 0.5) is 13.2 Å². The van der Waals surface area contributed by atoms with Crippen molar-refractivity contribution in [3.8, 4) is 33.8 Å². The van der Waals surface area contributed by atoms with Gasteiger partial charge in [0.1, 0.15) is 11.5 Å². The summed E-state index contributed by atoms with van der Waals surface area (Å²) in [6, 6.07) is 27.3. The molecule has 0 aliphatic carbocycles. The lowest BCUT2D eigenvalue weighted by molar-refractivity contribution is -0.137. The molecular formula is C26H19F3O2. The largest absolute Gasteiger partial charge is 0.457 e. The van der Waals surface area contributed by atoms with Gasteiger partial charge in [-0.25, -0.2) is 0 Å². The van der Waals surface area contributed by atoms with Gasteiger partial charge in [-0.2, -0.15) is 13.2 Å². The summed E-state index contributed by atoms with van der Waals surface area (Å²) in [7, 11) is 0. The van der Waals surface area contributed by atoms with Crippen LogP contribution < -0.4 is 4.74 Å². The average Bonchev–Trinajstić information content (AvgIpc) is 2.79. The van der Waals surface area contributed by atoms with Crippen molar-refractivity contribution in [1.29, 1.82) is 0 Å². The number of benzene rings is 4. The van der Waals surface area contributed by atoms with E-state index in [1.165, 1.54) is 12.1 Å². The van der Waals surface area contributed by atoms with Crippen molar-refractivity contribution < 1.29 is 23.0 Å². The predicted molar refractivity (Wildman–Crippen MR) is 115 cm³/mol. The Bertz CT molecular complexity index is 1150. The number of ether oxygens (including phenoxy) is 1. The van der Waals surface area contributed by atoms with Crippen LogP contribution in [0.1, 0.15) is 11.1 Å². The number of halogens is 3. The number of alkyl halides is 3. The maximum absolute atomic E-state index is 13.0.